The lowest BCUT2D eigenvalue weighted by atomic mass is 9.88. The number of ketones is 2. The Bertz CT molecular complexity index is 281. The van der Waals surface area contributed by atoms with E-state index < -0.39 is 5.92 Å². The molecule has 2 unspecified atom stereocenters. The van der Waals surface area contributed by atoms with Crippen molar-refractivity contribution in [2.24, 2.45) is 17.8 Å². The van der Waals surface area contributed by atoms with Crippen molar-refractivity contribution in [3.8, 4) is 0 Å². The van der Waals surface area contributed by atoms with E-state index in [0.717, 1.165) is 12.7 Å². The Hall–Kier alpha value is -0.990. The van der Waals surface area contributed by atoms with Crippen molar-refractivity contribution in [3.05, 3.63) is 0 Å². The van der Waals surface area contributed by atoms with Crippen LogP contribution in [0.3, 0.4) is 0 Å². The molecule has 0 aliphatic carbocycles. The molecule has 0 aliphatic heterocycles. The van der Waals surface area contributed by atoms with E-state index in [-0.39, 0.29) is 17.5 Å². The van der Waals surface area contributed by atoms with Crippen LogP contribution in [-0.4, -0.2) is 17.9 Å². The van der Waals surface area contributed by atoms with Crippen molar-refractivity contribution in [2.75, 3.05) is 0 Å². The summed E-state index contributed by atoms with van der Waals surface area (Å²) < 4.78 is 0. The van der Waals surface area contributed by atoms with Gasteiger partial charge < -0.3 is 4.79 Å². The number of aldehydes is 1. The van der Waals surface area contributed by atoms with Gasteiger partial charge in [0.05, 0.1) is 5.92 Å². The highest BCUT2D eigenvalue weighted by molar-refractivity contribution is 5.94. The number of carbonyl (C=O) groups excluding carboxylic acids is 3. The average molecular weight is 254 g/mol. The summed E-state index contributed by atoms with van der Waals surface area (Å²) in [7, 11) is 0. The molecule has 0 spiro atoms. The minimum Gasteiger partial charge on any atom is -0.303 e. The predicted octanol–water partition coefficient (Wildman–Crippen LogP) is 3.20. The maximum Gasteiger partial charge on any atom is 0.145 e. The molecular weight excluding hydrogens is 228 g/mol. The third-order valence-corrected chi connectivity index (χ3v) is 3.11. The van der Waals surface area contributed by atoms with Crippen LogP contribution >= 0.6 is 0 Å². The summed E-state index contributed by atoms with van der Waals surface area (Å²) in [4.78, 5) is 34.4. The second kappa shape index (κ2) is 9.01. The van der Waals surface area contributed by atoms with Crippen LogP contribution in [0.1, 0.15) is 59.8 Å². The Morgan fingerprint density at radius 1 is 1.11 bits per heavy atom. The lowest BCUT2D eigenvalue weighted by Gasteiger charge is -2.14. The Balaban J connectivity index is 4.15. The molecule has 0 heterocycles. The summed E-state index contributed by atoms with van der Waals surface area (Å²) in [6.45, 7) is 7.80. The maximum atomic E-state index is 12.0. The van der Waals surface area contributed by atoms with E-state index >= 15 is 0 Å². The first kappa shape index (κ1) is 17.0. The SMILES string of the molecule is CCCC(C=O)C(=O)C(C)CCC(=O)CC(C)C. The standard InChI is InChI=1S/C15H26O3/c1-5-6-13(10-16)15(18)12(4)7-8-14(17)9-11(2)3/h10-13H,5-9H2,1-4H3. The minimum absolute atomic E-state index is 0.0100. The number of carbonyl (C=O) groups is 3. The van der Waals surface area contributed by atoms with Crippen LogP contribution in [-0.2, 0) is 14.4 Å². The first-order valence-electron chi connectivity index (χ1n) is 6.93. The highest BCUT2D eigenvalue weighted by Gasteiger charge is 2.23. The van der Waals surface area contributed by atoms with Gasteiger partial charge in [-0.05, 0) is 18.8 Å². The number of hydrogen-bond donors (Lipinski definition) is 0. The van der Waals surface area contributed by atoms with E-state index in [4.69, 9.17) is 0 Å². The Morgan fingerprint density at radius 2 is 1.72 bits per heavy atom. The molecule has 0 aliphatic rings. The van der Waals surface area contributed by atoms with Gasteiger partial charge in [0, 0.05) is 18.8 Å². The van der Waals surface area contributed by atoms with Gasteiger partial charge in [0.1, 0.15) is 17.9 Å². The van der Waals surface area contributed by atoms with Crippen LogP contribution in [0.4, 0.5) is 0 Å². The molecule has 18 heavy (non-hydrogen) atoms. The third-order valence-electron chi connectivity index (χ3n) is 3.11. The predicted molar refractivity (Wildman–Crippen MR) is 72.3 cm³/mol. The fourth-order valence-electron chi connectivity index (χ4n) is 2.03. The van der Waals surface area contributed by atoms with Gasteiger partial charge in [-0.3, -0.25) is 9.59 Å². The first-order valence-corrected chi connectivity index (χ1v) is 6.93. The summed E-state index contributed by atoms with van der Waals surface area (Å²) in [5.41, 5.74) is 0. The molecule has 0 aromatic rings. The number of Topliss-reactive ketones (excluding diaryl/α,β-unsaturated/α-hetero) is 2. The van der Waals surface area contributed by atoms with Crippen molar-refractivity contribution >= 4 is 17.9 Å². The minimum atomic E-state index is -0.481. The zero-order valence-corrected chi connectivity index (χ0v) is 12.1. The largest absolute Gasteiger partial charge is 0.303 e. The Kier molecular flexibility index (Phi) is 8.51. The van der Waals surface area contributed by atoms with Crippen LogP contribution in [0.25, 0.3) is 0 Å². The van der Waals surface area contributed by atoms with E-state index in [1.807, 2.05) is 27.7 Å². The molecule has 0 aromatic carbocycles. The van der Waals surface area contributed by atoms with Crippen molar-refractivity contribution in [1.29, 1.82) is 0 Å². The molecule has 0 radical (unpaired) electrons. The van der Waals surface area contributed by atoms with E-state index in [2.05, 4.69) is 0 Å². The van der Waals surface area contributed by atoms with Gasteiger partial charge >= 0.3 is 0 Å². The summed E-state index contributed by atoms with van der Waals surface area (Å²) in [5.74, 6) is -0.105. The highest BCUT2D eigenvalue weighted by Crippen LogP contribution is 2.17. The zero-order valence-electron chi connectivity index (χ0n) is 12.1. The smallest absolute Gasteiger partial charge is 0.145 e. The summed E-state index contributed by atoms with van der Waals surface area (Å²) in [6, 6.07) is 0. The van der Waals surface area contributed by atoms with Crippen LogP contribution < -0.4 is 0 Å². The van der Waals surface area contributed by atoms with Crippen LogP contribution in [0.5, 0.6) is 0 Å². The topological polar surface area (TPSA) is 51.2 Å². The van der Waals surface area contributed by atoms with E-state index in [0.29, 0.717) is 31.6 Å². The maximum absolute atomic E-state index is 12.0. The van der Waals surface area contributed by atoms with Gasteiger partial charge in [-0.2, -0.15) is 0 Å². The van der Waals surface area contributed by atoms with Crippen LogP contribution in [0.2, 0.25) is 0 Å². The molecule has 104 valence electrons. The second-order valence-corrected chi connectivity index (χ2v) is 5.51. The van der Waals surface area contributed by atoms with Gasteiger partial charge in [-0.1, -0.05) is 34.1 Å². The monoisotopic (exact) mass is 254 g/mol. The lowest BCUT2D eigenvalue weighted by Crippen LogP contribution is -2.23. The van der Waals surface area contributed by atoms with Crippen molar-refractivity contribution in [2.45, 2.75) is 59.8 Å². The Labute approximate surface area is 110 Å². The summed E-state index contributed by atoms with van der Waals surface area (Å²) in [5, 5.41) is 0. The molecular formula is C15H26O3. The van der Waals surface area contributed by atoms with Crippen molar-refractivity contribution in [1.82, 2.24) is 0 Å². The average Bonchev–Trinajstić information content (AvgIpc) is 2.31. The van der Waals surface area contributed by atoms with Gasteiger partial charge in [0.25, 0.3) is 0 Å². The number of rotatable bonds is 10. The second-order valence-electron chi connectivity index (χ2n) is 5.51. The van der Waals surface area contributed by atoms with Gasteiger partial charge in [0.2, 0.25) is 0 Å². The molecule has 0 amide bonds. The normalized spacial score (nSPS) is 14.3. The summed E-state index contributed by atoms with van der Waals surface area (Å²) in [6.07, 6.45) is 3.78. The molecule has 0 saturated heterocycles. The van der Waals surface area contributed by atoms with Gasteiger partial charge in [-0.25, -0.2) is 0 Å². The fraction of sp³-hybridized carbons (Fsp3) is 0.800. The van der Waals surface area contributed by atoms with Crippen molar-refractivity contribution < 1.29 is 14.4 Å². The lowest BCUT2D eigenvalue weighted by molar-refractivity contribution is -0.130. The molecule has 2 atom stereocenters. The molecule has 3 heteroatoms. The first-order chi connectivity index (χ1) is 8.42. The van der Waals surface area contributed by atoms with E-state index in [1.54, 1.807) is 0 Å². The molecule has 0 fully saturated rings. The molecule has 0 N–H and O–H groups in total. The van der Waals surface area contributed by atoms with Crippen molar-refractivity contribution in [3.63, 3.8) is 0 Å². The van der Waals surface area contributed by atoms with Crippen LogP contribution in [0, 0.1) is 17.8 Å². The Morgan fingerprint density at radius 3 is 2.17 bits per heavy atom. The zero-order chi connectivity index (χ0) is 14.1. The molecule has 0 aromatic heterocycles. The van der Waals surface area contributed by atoms with E-state index in [9.17, 15) is 14.4 Å². The fourth-order valence-corrected chi connectivity index (χ4v) is 2.03. The summed E-state index contributed by atoms with van der Waals surface area (Å²) >= 11 is 0. The quantitative estimate of drug-likeness (QED) is 0.444. The van der Waals surface area contributed by atoms with Gasteiger partial charge in [0.15, 0.2) is 0 Å². The molecule has 0 saturated carbocycles. The van der Waals surface area contributed by atoms with E-state index in [1.165, 1.54) is 0 Å². The highest BCUT2D eigenvalue weighted by atomic mass is 16.1. The number of hydrogen-bond acceptors (Lipinski definition) is 3. The van der Waals surface area contributed by atoms with Crippen LogP contribution in [0.15, 0.2) is 0 Å². The molecule has 3 nitrogen and oxygen atoms in total. The molecule has 0 bridgehead atoms. The molecule has 0 rings (SSSR count). The van der Waals surface area contributed by atoms with Gasteiger partial charge in [-0.15, -0.1) is 0 Å². The third kappa shape index (κ3) is 6.67.